The third-order valence-corrected chi connectivity index (χ3v) is 4.91. The molecule has 0 aliphatic carbocycles. The Morgan fingerprint density at radius 3 is 3.15 bits per heavy atom. The summed E-state index contributed by atoms with van der Waals surface area (Å²) < 4.78 is 6.28. The van der Waals surface area contributed by atoms with Crippen molar-refractivity contribution in [2.24, 2.45) is 5.73 Å². The molecule has 1 aliphatic heterocycles. The zero-order chi connectivity index (χ0) is 14.1. The number of nitrogens with two attached hydrogens (primary N) is 1. The van der Waals surface area contributed by atoms with E-state index in [4.69, 9.17) is 10.3 Å². The highest BCUT2D eigenvalue weighted by Crippen LogP contribution is 2.29. The van der Waals surface area contributed by atoms with Crippen molar-refractivity contribution < 1.29 is 9.32 Å². The molecule has 3 rings (SSSR count). The molecule has 6 nitrogen and oxygen atoms in total. The number of rotatable bonds is 4. The molecular formula is C12H13BrN4O2S. The summed E-state index contributed by atoms with van der Waals surface area (Å²) in [6, 6.07) is 3.66. The zero-order valence-electron chi connectivity index (χ0n) is 10.6. The van der Waals surface area contributed by atoms with Gasteiger partial charge in [-0.2, -0.15) is 4.98 Å². The number of nitrogens with zero attached hydrogens (tertiary/aromatic N) is 3. The molecule has 1 fully saturated rings. The zero-order valence-corrected chi connectivity index (χ0v) is 13.0. The Kier molecular flexibility index (Phi) is 3.86. The summed E-state index contributed by atoms with van der Waals surface area (Å²) in [5.41, 5.74) is 5.39. The molecular weight excluding hydrogens is 344 g/mol. The van der Waals surface area contributed by atoms with Gasteiger partial charge in [0.05, 0.1) is 21.3 Å². The fourth-order valence-electron chi connectivity index (χ4n) is 2.36. The smallest absolute Gasteiger partial charge is 0.241 e. The first-order valence-electron chi connectivity index (χ1n) is 6.25. The summed E-state index contributed by atoms with van der Waals surface area (Å²) in [5.74, 6) is 0.799. The van der Waals surface area contributed by atoms with Gasteiger partial charge in [0.15, 0.2) is 0 Å². The van der Waals surface area contributed by atoms with Crippen LogP contribution in [0.1, 0.15) is 18.7 Å². The lowest BCUT2D eigenvalue weighted by molar-refractivity contribution is -0.122. The fourth-order valence-corrected chi connectivity index (χ4v) is 3.68. The average molecular weight is 357 g/mol. The van der Waals surface area contributed by atoms with E-state index in [1.165, 1.54) is 0 Å². The molecule has 3 heterocycles. The molecule has 0 saturated carbocycles. The van der Waals surface area contributed by atoms with Crippen LogP contribution < -0.4 is 5.73 Å². The molecule has 2 aromatic rings. The molecule has 0 radical (unpaired) electrons. The number of aromatic nitrogens is 2. The van der Waals surface area contributed by atoms with Gasteiger partial charge in [-0.3, -0.25) is 9.69 Å². The number of halogens is 1. The summed E-state index contributed by atoms with van der Waals surface area (Å²) in [5, 5.41) is 3.97. The van der Waals surface area contributed by atoms with Crippen molar-refractivity contribution >= 4 is 33.2 Å². The maximum Gasteiger partial charge on any atom is 0.241 e. The molecule has 0 spiro atoms. The highest BCUT2D eigenvalue weighted by molar-refractivity contribution is 9.11. The van der Waals surface area contributed by atoms with Crippen molar-refractivity contribution in [3.05, 3.63) is 21.8 Å². The Hall–Kier alpha value is -1.25. The minimum absolute atomic E-state index is 0.221. The Labute approximate surface area is 128 Å². The summed E-state index contributed by atoms with van der Waals surface area (Å²) in [6.45, 7) is 1.29. The van der Waals surface area contributed by atoms with Gasteiger partial charge in [0.1, 0.15) is 0 Å². The normalized spacial score (nSPS) is 19.6. The number of carbonyl (C=O) groups is 1. The molecule has 0 aromatic carbocycles. The van der Waals surface area contributed by atoms with Crippen molar-refractivity contribution in [3.63, 3.8) is 0 Å². The number of carbonyl (C=O) groups excluding carboxylic acids is 1. The summed E-state index contributed by atoms with van der Waals surface area (Å²) in [7, 11) is 0. The standard InChI is InChI=1S/C12H13BrN4O2S/c13-9-4-3-8(20-9)12-15-10(19-16-12)6-17-5-1-2-7(17)11(14)18/h3-4,7H,1-2,5-6H2,(H2,14,18). The van der Waals surface area contributed by atoms with E-state index in [0.717, 1.165) is 28.0 Å². The van der Waals surface area contributed by atoms with Crippen LogP contribution in [0.4, 0.5) is 0 Å². The topological polar surface area (TPSA) is 85.3 Å². The van der Waals surface area contributed by atoms with Crippen molar-refractivity contribution in [1.29, 1.82) is 0 Å². The van der Waals surface area contributed by atoms with Gasteiger partial charge in [0.2, 0.25) is 17.6 Å². The Bertz CT molecular complexity index is 627. The minimum atomic E-state index is -0.288. The predicted octanol–water partition coefficient (Wildman–Crippen LogP) is 2.01. The Morgan fingerprint density at radius 2 is 2.45 bits per heavy atom. The Morgan fingerprint density at radius 1 is 1.60 bits per heavy atom. The van der Waals surface area contributed by atoms with Crippen LogP contribution >= 0.6 is 27.3 Å². The first kappa shape index (κ1) is 13.7. The first-order chi connectivity index (χ1) is 9.63. The molecule has 8 heteroatoms. The van der Waals surface area contributed by atoms with E-state index in [2.05, 4.69) is 26.1 Å². The predicted molar refractivity (Wildman–Crippen MR) is 77.9 cm³/mol. The molecule has 2 aromatic heterocycles. The minimum Gasteiger partial charge on any atom is -0.368 e. The lowest BCUT2D eigenvalue weighted by Crippen LogP contribution is -2.39. The number of likely N-dealkylation sites (tertiary alicyclic amines) is 1. The second-order valence-corrected chi connectivity index (χ2v) is 7.11. The second-order valence-electron chi connectivity index (χ2n) is 4.65. The van der Waals surface area contributed by atoms with Gasteiger partial charge in [0, 0.05) is 0 Å². The van der Waals surface area contributed by atoms with Crippen LogP contribution in [-0.4, -0.2) is 33.5 Å². The van der Waals surface area contributed by atoms with Gasteiger partial charge in [-0.25, -0.2) is 0 Å². The van der Waals surface area contributed by atoms with E-state index in [-0.39, 0.29) is 11.9 Å². The first-order valence-corrected chi connectivity index (χ1v) is 7.86. The summed E-state index contributed by atoms with van der Waals surface area (Å²) >= 11 is 4.95. The highest BCUT2D eigenvalue weighted by atomic mass is 79.9. The molecule has 1 saturated heterocycles. The van der Waals surface area contributed by atoms with Gasteiger partial charge in [-0.15, -0.1) is 11.3 Å². The van der Waals surface area contributed by atoms with E-state index in [9.17, 15) is 4.79 Å². The molecule has 1 aliphatic rings. The number of primary amides is 1. The number of amides is 1. The van der Waals surface area contributed by atoms with Gasteiger partial charge in [-0.05, 0) is 47.4 Å². The quantitative estimate of drug-likeness (QED) is 0.905. The average Bonchev–Trinajstić information content (AvgIpc) is 3.09. The molecule has 106 valence electrons. The van der Waals surface area contributed by atoms with E-state index in [0.29, 0.717) is 18.3 Å². The molecule has 0 bridgehead atoms. The van der Waals surface area contributed by atoms with Gasteiger partial charge in [-0.1, -0.05) is 5.16 Å². The summed E-state index contributed by atoms with van der Waals surface area (Å²) in [6.07, 6.45) is 1.76. The maximum atomic E-state index is 11.3. The van der Waals surface area contributed by atoms with E-state index in [1.807, 2.05) is 17.0 Å². The molecule has 1 unspecified atom stereocenters. The van der Waals surface area contributed by atoms with Crippen LogP contribution in [0.3, 0.4) is 0 Å². The van der Waals surface area contributed by atoms with E-state index >= 15 is 0 Å². The molecule has 1 amide bonds. The number of thiophene rings is 1. The van der Waals surface area contributed by atoms with Crippen LogP contribution in [0, 0.1) is 0 Å². The fraction of sp³-hybridized carbons (Fsp3) is 0.417. The van der Waals surface area contributed by atoms with Gasteiger partial charge < -0.3 is 10.3 Å². The van der Waals surface area contributed by atoms with Crippen molar-refractivity contribution in [3.8, 4) is 10.7 Å². The second kappa shape index (κ2) is 5.63. The summed E-state index contributed by atoms with van der Waals surface area (Å²) in [4.78, 5) is 18.6. The SMILES string of the molecule is NC(=O)C1CCCN1Cc1nc(-c2ccc(Br)s2)no1. The van der Waals surface area contributed by atoms with Crippen molar-refractivity contribution in [2.75, 3.05) is 6.54 Å². The van der Waals surface area contributed by atoms with Crippen LogP contribution in [-0.2, 0) is 11.3 Å². The monoisotopic (exact) mass is 356 g/mol. The number of hydrogen-bond donors (Lipinski definition) is 1. The lowest BCUT2D eigenvalue weighted by Gasteiger charge is -2.19. The van der Waals surface area contributed by atoms with Crippen LogP contribution in [0.2, 0.25) is 0 Å². The van der Waals surface area contributed by atoms with E-state index < -0.39 is 0 Å². The largest absolute Gasteiger partial charge is 0.368 e. The maximum absolute atomic E-state index is 11.3. The molecule has 2 N–H and O–H groups in total. The van der Waals surface area contributed by atoms with Gasteiger partial charge >= 0.3 is 0 Å². The van der Waals surface area contributed by atoms with E-state index in [1.54, 1.807) is 11.3 Å². The van der Waals surface area contributed by atoms with Gasteiger partial charge in [0.25, 0.3) is 0 Å². The van der Waals surface area contributed by atoms with Crippen LogP contribution in [0.5, 0.6) is 0 Å². The van der Waals surface area contributed by atoms with Crippen LogP contribution in [0.15, 0.2) is 20.4 Å². The molecule has 1 atom stereocenters. The Balaban J connectivity index is 1.73. The number of hydrogen-bond acceptors (Lipinski definition) is 6. The van der Waals surface area contributed by atoms with Crippen molar-refractivity contribution in [1.82, 2.24) is 15.0 Å². The molecule has 20 heavy (non-hydrogen) atoms. The van der Waals surface area contributed by atoms with Crippen molar-refractivity contribution in [2.45, 2.75) is 25.4 Å². The third kappa shape index (κ3) is 2.77. The van der Waals surface area contributed by atoms with Crippen LogP contribution in [0.25, 0.3) is 10.7 Å². The third-order valence-electron chi connectivity index (χ3n) is 3.29. The highest BCUT2D eigenvalue weighted by Gasteiger charge is 2.30. The lowest BCUT2D eigenvalue weighted by atomic mass is 10.2.